The molecule has 0 fully saturated rings. The summed E-state index contributed by atoms with van der Waals surface area (Å²) in [7, 11) is 0. The van der Waals surface area contributed by atoms with Crippen LogP contribution in [0.25, 0.3) is 10.8 Å². The largest absolute Gasteiger partial charge is 0.484 e. The predicted octanol–water partition coefficient (Wildman–Crippen LogP) is 5.34. The number of hydrogen-bond donors (Lipinski definition) is 2. The quantitative estimate of drug-likeness (QED) is 0.595. The van der Waals surface area contributed by atoms with Crippen molar-refractivity contribution in [3.05, 3.63) is 66.5 Å². The third-order valence-corrected chi connectivity index (χ3v) is 3.98. The second-order valence-corrected chi connectivity index (χ2v) is 7.67. The van der Waals surface area contributed by atoms with Gasteiger partial charge < -0.3 is 14.8 Å². The first-order valence-corrected chi connectivity index (χ1v) is 9.41. The van der Waals surface area contributed by atoms with E-state index in [4.69, 9.17) is 9.47 Å². The van der Waals surface area contributed by atoms with Gasteiger partial charge in [0.25, 0.3) is 5.91 Å². The van der Waals surface area contributed by atoms with Gasteiger partial charge >= 0.3 is 6.09 Å². The smallest absolute Gasteiger partial charge is 0.412 e. The number of benzene rings is 3. The number of carbonyl (C=O) groups excluding carboxylic acids is 2. The van der Waals surface area contributed by atoms with Crippen molar-refractivity contribution in [2.75, 3.05) is 17.2 Å². The number of amides is 2. The highest BCUT2D eigenvalue weighted by Crippen LogP contribution is 2.22. The number of halogens is 1. The highest BCUT2D eigenvalue weighted by molar-refractivity contribution is 5.93. The van der Waals surface area contributed by atoms with Crippen LogP contribution in [0.3, 0.4) is 0 Å². The average molecular weight is 410 g/mol. The van der Waals surface area contributed by atoms with Gasteiger partial charge in [0.2, 0.25) is 0 Å². The number of rotatable bonds is 5. The van der Waals surface area contributed by atoms with E-state index in [1.165, 1.54) is 12.1 Å². The fourth-order valence-electron chi connectivity index (χ4n) is 2.71. The number of carbonyl (C=O) groups is 2. The van der Waals surface area contributed by atoms with Gasteiger partial charge in [-0.3, -0.25) is 10.1 Å². The number of ether oxygens (including phenoxy) is 2. The summed E-state index contributed by atoms with van der Waals surface area (Å²) in [6.07, 6.45) is -0.675. The molecule has 156 valence electrons. The Kier molecular flexibility index (Phi) is 6.20. The molecule has 0 aromatic heterocycles. The van der Waals surface area contributed by atoms with Gasteiger partial charge in [-0.15, -0.1) is 0 Å². The molecule has 0 aliphatic carbocycles. The number of anilines is 2. The lowest BCUT2D eigenvalue weighted by molar-refractivity contribution is -0.118. The first-order chi connectivity index (χ1) is 14.2. The van der Waals surface area contributed by atoms with Gasteiger partial charge in [0.15, 0.2) is 6.61 Å². The molecule has 7 heteroatoms. The molecule has 2 N–H and O–H groups in total. The van der Waals surface area contributed by atoms with Crippen molar-refractivity contribution < 1.29 is 23.5 Å². The summed E-state index contributed by atoms with van der Waals surface area (Å²) in [5.74, 6) is -0.634. The van der Waals surface area contributed by atoms with Crippen molar-refractivity contribution in [1.29, 1.82) is 0 Å². The number of hydrogen-bond acceptors (Lipinski definition) is 4. The Labute approximate surface area is 174 Å². The van der Waals surface area contributed by atoms with Crippen LogP contribution < -0.4 is 15.4 Å². The van der Waals surface area contributed by atoms with Crippen LogP contribution in [0.4, 0.5) is 20.6 Å². The minimum atomic E-state index is -0.675. The molecule has 0 saturated carbocycles. The van der Waals surface area contributed by atoms with Gasteiger partial charge in [0.05, 0.1) is 5.69 Å². The maximum absolute atomic E-state index is 14.1. The lowest BCUT2D eigenvalue weighted by Crippen LogP contribution is -2.27. The lowest BCUT2D eigenvalue weighted by atomic mass is 10.1. The van der Waals surface area contributed by atoms with Gasteiger partial charge in [0.1, 0.15) is 17.2 Å². The standard InChI is InChI=1S/C23H23FN2O4/c1-23(2,3)30-22(28)25-17-9-11-19(24)20(13-17)26-21(27)14-29-18-10-8-15-6-4-5-7-16(15)12-18/h4-13H,14H2,1-3H3,(H,25,28)(H,26,27). The molecular formula is C23H23FN2O4. The average Bonchev–Trinajstić information content (AvgIpc) is 2.67. The van der Waals surface area contributed by atoms with E-state index < -0.39 is 23.4 Å². The molecule has 0 radical (unpaired) electrons. The van der Waals surface area contributed by atoms with Crippen molar-refractivity contribution in [1.82, 2.24) is 0 Å². The Morgan fingerprint density at radius 3 is 2.40 bits per heavy atom. The zero-order chi connectivity index (χ0) is 21.7. The van der Waals surface area contributed by atoms with Gasteiger partial charge in [-0.1, -0.05) is 30.3 Å². The second kappa shape index (κ2) is 8.82. The minimum Gasteiger partial charge on any atom is -0.484 e. The molecule has 3 aromatic carbocycles. The maximum atomic E-state index is 14.1. The molecule has 6 nitrogen and oxygen atoms in total. The van der Waals surface area contributed by atoms with Crippen molar-refractivity contribution in [3.63, 3.8) is 0 Å². The zero-order valence-electron chi connectivity index (χ0n) is 17.0. The Morgan fingerprint density at radius 1 is 0.933 bits per heavy atom. The summed E-state index contributed by atoms with van der Waals surface area (Å²) in [6.45, 7) is 4.91. The predicted molar refractivity (Wildman–Crippen MR) is 114 cm³/mol. The molecule has 2 amide bonds. The van der Waals surface area contributed by atoms with Gasteiger partial charge in [-0.2, -0.15) is 0 Å². The molecule has 0 aliphatic heterocycles. The summed E-state index contributed by atoms with van der Waals surface area (Å²) < 4.78 is 24.7. The van der Waals surface area contributed by atoms with E-state index in [2.05, 4.69) is 10.6 Å². The fraction of sp³-hybridized carbons (Fsp3) is 0.217. The molecule has 0 unspecified atom stereocenters. The van der Waals surface area contributed by atoms with Gasteiger partial charge in [-0.05, 0) is 61.9 Å². The van der Waals surface area contributed by atoms with E-state index >= 15 is 0 Å². The van der Waals surface area contributed by atoms with Gasteiger partial charge in [-0.25, -0.2) is 9.18 Å². The fourth-order valence-corrected chi connectivity index (χ4v) is 2.71. The molecule has 0 saturated heterocycles. The Morgan fingerprint density at radius 2 is 1.67 bits per heavy atom. The summed E-state index contributed by atoms with van der Waals surface area (Å²) in [6, 6.07) is 17.1. The van der Waals surface area contributed by atoms with E-state index in [0.717, 1.165) is 16.8 Å². The van der Waals surface area contributed by atoms with Crippen molar-refractivity contribution in [2.45, 2.75) is 26.4 Å². The summed E-state index contributed by atoms with van der Waals surface area (Å²) in [5.41, 5.74) is -0.451. The van der Waals surface area contributed by atoms with E-state index in [9.17, 15) is 14.0 Å². The number of fused-ring (bicyclic) bond motifs is 1. The molecule has 0 spiro atoms. The van der Waals surface area contributed by atoms with E-state index in [1.54, 1.807) is 26.8 Å². The van der Waals surface area contributed by atoms with Crippen molar-refractivity contribution in [2.24, 2.45) is 0 Å². The third-order valence-electron chi connectivity index (χ3n) is 3.98. The lowest BCUT2D eigenvalue weighted by Gasteiger charge is -2.19. The van der Waals surface area contributed by atoms with Crippen LogP contribution in [0.1, 0.15) is 20.8 Å². The molecule has 0 bridgehead atoms. The van der Waals surface area contributed by atoms with Crippen LogP contribution in [-0.4, -0.2) is 24.2 Å². The third kappa shape index (κ3) is 5.94. The monoisotopic (exact) mass is 410 g/mol. The first kappa shape index (κ1) is 21.1. The molecular weight excluding hydrogens is 387 g/mol. The normalized spacial score (nSPS) is 11.1. The first-order valence-electron chi connectivity index (χ1n) is 9.41. The Balaban J connectivity index is 1.60. The van der Waals surface area contributed by atoms with Crippen molar-refractivity contribution >= 4 is 34.1 Å². The summed E-state index contributed by atoms with van der Waals surface area (Å²) >= 11 is 0. The van der Waals surface area contributed by atoms with Crippen LogP contribution in [0.15, 0.2) is 60.7 Å². The van der Waals surface area contributed by atoms with Crippen LogP contribution in [-0.2, 0) is 9.53 Å². The van der Waals surface area contributed by atoms with E-state index in [-0.39, 0.29) is 18.0 Å². The van der Waals surface area contributed by atoms with E-state index in [0.29, 0.717) is 5.75 Å². The minimum absolute atomic E-state index is 0.0735. The molecule has 0 aliphatic rings. The van der Waals surface area contributed by atoms with Crippen LogP contribution in [0.5, 0.6) is 5.75 Å². The molecule has 3 aromatic rings. The second-order valence-electron chi connectivity index (χ2n) is 7.67. The Hall–Kier alpha value is -3.61. The van der Waals surface area contributed by atoms with E-state index in [1.807, 2.05) is 36.4 Å². The topological polar surface area (TPSA) is 76.7 Å². The zero-order valence-corrected chi connectivity index (χ0v) is 17.0. The molecule has 3 rings (SSSR count). The van der Waals surface area contributed by atoms with Crippen LogP contribution in [0.2, 0.25) is 0 Å². The molecule has 0 heterocycles. The van der Waals surface area contributed by atoms with Crippen LogP contribution in [0, 0.1) is 5.82 Å². The number of nitrogens with one attached hydrogen (secondary N) is 2. The Bertz CT molecular complexity index is 1080. The highest BCUT2D eigenvalue weighted by Gasteiger charge is 2.17. The maximum Gasteiger partial charge on any atom is 0.412 e. The van der Waals surface area contributed by atoms with Gasteiger partial charge in [0, 0.05) is 5.69 Å². The molecule has 0 atom stereocenters. The highest BCUT2D eigenvalue weighted by atomic mass is 19.1. The SMILES string of the molecule is CC(C)(C)OC(=O)Nc1ccc(F)c(NC(=O)COc2ccc3ccccc3c2)c1. The van der Waals surface area contributed by atoms with Crippen LogP contribution >= 0.6 is 0 Å². The summed E-state index contributed by atoms with van der Waals surface area (Å²) in [4.78, 5) is 24.1. The summed E-state index contributed by atoms with van der Waals surface area (Å²) in [5, 5.41) is 7.00. The van der Waals surface area contributed by atoms with Crippen molar-refractivity contribution in [3.8, 4) is 5.75 Å². The molecule has 30 heavy (non-hydrogen) atoms.